The number of hydrogen-bond donors (Lipinski definition) is 1. The van der Waals surface area contributed by atoms with Crippen molar-refractivity contribution < 1.29 is 0 Å². The summed E-state index contributed by atoms with van der Waals surface area (Å²) in [5.41, 5.74) is 3.38. The Hall–Kier alpha value is -1.72. The van der Waals surface area contributed by atoms with Gasteiger partial charge in [-0.25, -0.2) is 0 Å². The van der Waals surface area contributed by atoms with Gasteiger partial charge in [-0.1, -0.05) is 26.0 Å². The van der Waals surface area contributed by atoms with Crippen molar-refractivity contribution in [1.82, 2.24) is 9.55 Å². The summed E-state index contributed by atoms with van der Waals surface area (Å²) in [5.74, 6) is 0.521. The molecule has 0 bridgehead atoms. The van der Waals surface area contributed by atoms with E-state index >= 15 is 0 Å². The van der Waals surface area contributed by atoms with E-state index in [1.165, 1.54) is 16.0 Å². The molecule has 2 heterocycles. The van der Waals surface area contributed by atoms with Crippen LogP contribution in [0.25, 0.3) is 15.9 Å². The Labute approximate surface area is 150 Å². The molecule has 24 heavy (non-hydrogen) atoms. The Morgan fingerprint density at radius 3 is 2.75 bits per heavy atom. The zero-order valence-electron chi connectivity index (χ0n) is 13.9. The van der Waals surface area contributed by atoms with E-state index in [1.54, 1.807) is 15.9 Å². The van der Waals surface area contributed by atoms with Gasteiger partial charge in [0, 0.05) is 4.88 Å². The lowest BCUT2D eigenvalue weighted by Crippen LogP contribution is -2.20. The van der Waals surface area contributed by atoms with E-state index in [2.05, 4.69) is 31.0 Å². The van der Waals surface area contributed by atoms with Crippen molar-refractivity contribution in [2.75, 3.05) is 0 Å². The number of nitrogens with one attached hydrogen (secondary N) is 1. The number of fused-ring (bicyclic) bond motifs is 3. The van der Waals surface area contributed by atoms with Gasteiger partial charge in [0.2, 0.25) is 0 Å². The molecule has 0 amide bonds. The Morgan fingerprint density at radius 2 is 2.04 bits per heavy atom. The third-order valence-corrected chi connectivity index (χ3v) is 6.59. The number of H-pyrrole nitrogens is 1. The van der Waals surface area contributed by atoms with Crippen LogP contribution in [-0.2, 0) is 12.8 Å². The highest BCUT2D eigenvalue weighted by Gasteiger charge is 2.21. The predicted molar refractivity (Wildman–Crippen MR) is 103 cm³/mol. The molecular formula is C19H20N2OS2. The second-order valence-electron chi connectivity index (χ2n) is 6.53. The quantitative estimate of drug-likeness (QED) is 0.662. The maximum atomic E-state index is 13.1. The van der Waals surface area contributed by atoms with Crippen LogP contribution in [0.3, 0.4) is 0 Å². The van der Waals surface area contributed by atoms with Gasteiger partial charge in [-0.15, -0.1) is 11.3 Å². The zero-order valence-corrected chi connectivity index (χ0v) is 15.5. The first-order chi connectivity index (χ1) is 11.6. The second kappa shape index (κ2) is 5.97. The fraction of sp³-hybridized carbons (Fsp3) is 0.368. The molecule has 124 valence electrons. The molecule has 1 atom stereocenters. The first-order valence-corrected chi connectivity index (χ1v) is 9.72. The maximum absolute atomic E-state index is 13.1. The Morgan fingerprint density at radius 1 is 1.29 bits per heavy atom. The third-order valence-electron chi connectivity index (χ3n) is 5.09. The molecule has 2 aromatic heterocycles. The minimum absolute atomic E-state index is 0.0180. The molecule has 1 unspecified atom stereocenters. The van der Waals surface area contributed by atoms with Crippen molar-refractivity contribution >= 4 is 33.8 Å². The molecule has 4 rings (SSSR count). The second-order valence-corrected chi connectivity index (χ2v) is 8.02. The summed E-state index contributed by atoms with van der Waals surface area (Å²) in [6.45, 7) is 4.40. The molecule has 5 heteroatoms. The average molecular weight is 357 g/mol. The zero-order chi connectivity index (χ0) is 16.8. The lowest BCUT2D eigenvalue weighted by Gasteiger charge is -2.11. The first-order valence-electron chi connectivity index (χ1n) is 8.50. The van der Waals surface area contributed by atoms with Gasteiger partial charge in [0.1, 0.15) is 4.83 Å². The number of aromatic amines is 1. The highest BCUT2D eigenvalue weighted by molar-refractivity contribution is 7.71. The van der Waals surface area contributed by atoms with Gasteiger partial charge in [0.15, 0.2) is 4.77 Å². The molecule has 3 aromatic rings. The van der Waals surface area contributed by atoms with Crippen LogP contribution in [0, 0.1) is 4.77 Å². The van der Waals surface area contributed by atoms with Gasteiger partial charge in [-0.3, -0.25) is 9.36 Å². The number of rotatable bonds is 3. The highest BCUT2D eigenvalue weighted by atomic mass is 32.1. The topological polar surface area (TPSA) is 37.8 Å². The fourth-order valence-electron chi connectivity index (χ4n) is 3.50. The SMILES string of the molecule is CCC(C)c1ccc(-n2c(=S)[nH]c3sc4c(c3c2=O)CCC4)cc1. The van der Waals surface area contributed by atoms with E-state index in [0.29, 0.717) is 10.7 Å². The largest absolute Gasteiger partial charge is 0.323 e. The molecule has 0 saturated heterocycles. The van der Waals surface area contributed by atoms with Crippen molar-refractivity contribution in [2.45, 2.75) is 45.4 Å². The monoisotopic (exact) mass is 356 g/mol. The molecule has 0 radical (unpaired) electrons. The number of benzene rings is 1. The van der Waals surface area contributed by atoms with E-state index in [0.717, 1.165) is 41.6 Å². The van der Waals surface area contributed by atoms with Crippen LogP contribution in [0.2, 0.25) is 0 Å². The van der Waals surface area contributed by atoms with Crippen LogP contribution in [0.4, 0.5) is 0 Å². The maximum Gasteiger partial charge on any atom is 0.267 e. The van der Waals surface area contributed by atoms with Crippen molar-refractivity contribution in [3.05, 3.63) is 55.4 Å². The molecule has 1 N–H and O–H groups in total. The molecule has 0 spiro atoms. The van der Waals surface area contributed by atoms with Crippen LogP contribution >= 0.6 is 23.6 Å². The van der Waals surface area contributed by atoms with Crippen molar-refractivity contribution in [3.63, 3.8) is 0 Å². The number of aryl methyl sites for hydroxylation is 2. The lowest BCUT2D eigenvalue weighted by atomic mass is 9.98. The summed E-state index contributed by atoms with van der Waals surface area (Å²) in [7, 11) is 0. The van der Waals surface area contributed by atoms with Crippen LogP contribution < -0.4 is 5.56 Å². The van der Waals surface area contributed by atoms with Crippen LogP contribution in [0.15, 0.2) is 29.1 Å². The van der Waals surface area contributed by atoms with E-state index < -0.39 is 0 Å². The van der Waals surface area contributed by atoms with Gasteiger partial charge in [0.05, 0.1) is 11.1 Å². The van der Waals surface area contributed by atoms with Gasteiger partial charge >= 0.3 is 0 Å². The number of thiophene rings is 1. The summed E-state index contributed by atoms with van der Waals surface area (Å²) in [4.78, 5) is 18.7. The summed E-state index contributed by atoms with van der Waals surface area (Å²) >= 11 is 7.17. The standard InChI is InChI=1S/C19H20N2OS2/c1-3-11(2)12-7-9-13(10-8-12)21-18(22)16-14-5-4-6-15(14)24-17(16)20-19(21)23/h7-11H,3-6H2,1-2H3,(H,20,23). The molecule has 0 saturated carbocycles. The van der Waals surface area contributed by atoms with Crippen LogP contribution in [0.1, 0.15) is 48.6 Å². The van der Waals surface area contributed by atoms with Gasteiger partial charge in [-0.05, 0) is 67.1 Å². The van der Waals surface area contributed by atoms with Gasteiger partial charge < -0.3 is 4.98 Å². The summed E-state index contributed by atoms with van der Waals surface area (Å²) in [6.07, 6.45) is 4.34. The van der Waals surface area contributed by atoms with Crippen molar-refractivity contribution in [2.24, 2.45) is 0 Å². The molecule has 0 aliphatic heterocycles. The van der Waals surface area contributed by atoms with Crippen LogP contribution in [-0.4, -0.2) is 9.55 Å². The third kappa shape index (κ3) is 2.38. The smallest absolute Gasteiger partial charge is 0.267 e. The molecule has 3 nitrogen and oxygen atoms in total. The van der Waals surface area contributed by atoms with Crippen molar-refractivity contribution in [1.29, 1.82) is 0 Å². The number of aromatic nitrogens is 2. The molecule has 0 fully saturated rings. The van der Waals surface area contributed by atoms with E-state index in [1.807, 2.05) is 12.1 Å². The minimum Gasteiger partial charge on any atom is -0.323 e. The highest BCUT2D eigenvalue weighted by Crippen LogP contribution is 2.34. The van der Waals surface area contributed by atoms with Gasteiger partial charge in [-0.2, -0.15) is 0 Å². The Kier molecular flexibility index (Phi) is 3.93. The van der Waals surface area contributed by atoms with E-state index in [9.17, 15) is 4.79 Å². The molecule has 1 aliphatic carbocycles. The van der Waals surface area contributed by atoms with Gasteiger partial charge in [0.25, 0.3) is 5.56 Å². The summed E-state index contributed by atoms with van der Waals surface area (Å²) in [5, 5.41) is 0.840. The lowest BCUT2D eigenvalue weighted by molar-refractivity contribution is 0.733. The minimum atomic E-state index is 0.0180. The fourth-order valence-corrected chi connectivity index (χ4v) is 5.13. The summed E-state index contributed by atoms with van der Waals surface area (Å²) < 4.78 is 2.12. The first kappa shape index (κ1) is 15.8. The average Bonchev–Trinajstić information content (AvgIpc) is 3.15. The predicted octanol–water partition coefficient (Wildman–Crippen LogP) is 5.11. The number of nitrogens with zero attached hydrogens (tertiary/aromatic N) is 1. The van der Waals surface area contributed by atoms with E-state index in [-0.39, 0.29) is 5.56 Å². The van der Waals surface area contributed by atoms with Crippen molar-refractivity contribution in [3.8, 4) is 5.69 Å². The van der Waals surface area contributed by atoms with Crippen LogP contribution in [0.5, 0.6) is 0 Å². The summed E-state index contributed by atoms with van der Waals surface area (Å²) in [6, 6.07) is 8.22. The normalized spacial score (nSPS) is 14.9. The Balaban J connectivity index is 1.91. The molecular weight excluding hydrogens is 336 g/mol. The molecule has 1 aromatic carbocycles. The van der Waals surface area contributed by atoms with E-state index in [4.69, 9.17) is 12.2 Å². The molecule has 1 aliphatic rings. The Bertz CT molecular complexity index is 1020. The number of hydrogen-bond acceptors (Lipinski definition) is 3.